The summed E-state index contributed by atoms with van der Waals surface area (Å²) in [5.41, 5.74) is 6.47. The highest BCUT2D eigenvalue weighted by Crippen LogP contribution is 2.26. The molecule has 4 nitrogen and oxygen atoms in total. The minimum atomic E-state index is -1.24. The maximum Gasteiger partial charge on any atom is 0.340 e. The van der Waals surface area contributed by atoms with E-state index >= 15 is 0 Å². The number of nitrogens with one attached hydrogen (secondary N) is 1. The molecule has 2 rings (SSSR count). The molecule has 0 atom stereocenters. The standard InChI is InChI=1S/C14H15FN2O2S/c1-2-8-5-6-20-11(8)7-17-10-4-3-9(15)13(16)12(10)14(18)19/h3-6,17H,2,7,16H2,1H3,(H,18,19). The smallest absolute Gasteiger partial charge is 0.340 e. The van der Waals surface area contributed by atoms with Crippen LogP contribution in [0.1, 0.15) is 27.7 Å². The zero-order chi connectivity index (χ0) is 14.7. The Kier molecular flexibility index (Phi) is 4.24. The second kappa shape index (κ2) is 5.92. The number of hydrogen-bond donors (Lipinski definition) is 3. The van der Waals surface area contributed by atoms with E-state index in [0.29, 0.717) is 12.2 Å². The molecule has 1 heterocycles. The number of benzene rings is 1. The van der Waals surface area contributed by atoms with Crippen molar-refractivity contribution in [3.05, 3.63) is 45.4 Å². The number of carbonyl (C=O) groups is 1. The quantitative estimate of drug-likeness (QED) is 0.739. The molecule has 2 aromatic rings. The van der Waals surface area contributed by atoms with Crippen LogP contribution in [0.25, 0.3) is 0 Å². The van der Waals surface area contributed by atoms with Crippen LogP contribution in [0.2, 0.25) is 0 Å². The maximum atomic E-state index is 13.3. The fraction of sp³-hybridized carbons (Fsp3) is 0.214. The minimum Gasteiger partial charge on any atom is -0.478 e. The molecule has 1 aromatic carbocycles. The molecule has 106 valence electrons. The number of nitrogens with two attached hydrogens (primary N) is 1. The Morgan fingerprint density at radius 3 is 2.85 bits per heavy atom. The Labute approximate surface area is 120 Å². The maximum absolute atomic E-state index is 13.3. The lowest BCUT2D eigenvalue weighted by Gasteiger charge is -2.12. The van der Waals surface area contributed by atoms with Gasteiger partial charge in [-0.25, -0.2) is 9.18 Å². The summed E-state index contributed by atoms with van der Waals surface area (Å²) in [5.74, 6) is -1.97. The molecule has 0 amide bonds. The summed E-state index contributed by atoms with van der Waals surface area (Å²) < 4.78 is 13.3. The molecule has 0 bridgehead atoms. The van der Waals surface area contributed by atoms with Crippen LogP contribution in [0.3, 0.4) is 0 Å². The molecule has 0 aliphatic heterocycles. The van der Waals surface area contributed by atoms with Crippen molar-refractivity contribution in [2.24, 2.45) is 0 Å². The molecule has 0 saturated carbocycles. The second-order valence-electron chi connectivity index (χ2n) is 4.26. The molecule has 0 aliphatic rings. The van der Waals surface area contributed by atoms with E-state index in [1.54, 1.807) is 11.3 Å². The predicted molar refractivity (Wildman–Crippen MR) is 78.8 cm³/mol. The Morgan fingerprint density at radius 2 is 2.20 bits per heavy atom. The summed E-state index contributed by atoms with van der Waals surface area (Å²) in [6.45, 7) is 2.55. The molecule has 1 aromatic heterocycles. The van der Waals surface area contributed by atoms with Crippen LogP contribution in [0.5, 0.6) is 0 Å². The van der Waals surface area contributed by atoms with E-state index in [4.69, 9.17) is 10.8 Å². The minimum absolute atomic E-state index is 0.223. The molecule has 0 unspecified atom stereocenters. The van der Waals surface area contributed by atoms with Crippen molar-refractivity contribution in [1.82, 2.24) is 0 Å². The van der Waals surface area contributed by atoms with E-state index in [1.807, 2.05) is 11.4 Å². The van der Waals surface area contributed by atoms with E-state index in [9.17, 15) is 9.18 Å². The Morgan fingerprint density at radius 1 is 1.45 bits per heavy atom. The van der Waals surface area contributed by atoms with Gasteiger partial charge in [0.25, 0.3) is 0 Å². The normalized spacial score (nSPS) is 10.5. The van der Waals surface area contributed by atoms with Gasteiger partial charge in [0.15, 0.2) is 0 Å². The third kappa shape index (κ3) is 2.75. The van der Waals surface area contributed by atoms with Gasteiger partial charge in [-0.1, -0.05) is 6.92 Å². The number of rotatable bonds is 5. The third-order valence-corrected chi connectivity index (χ3v) is 4.03. The zero-order valence-corrected chi connectivity index (χ0v) is 11.8. The van der Waals surface area contributed by atoms with Crippen molar-refractivity contribution in [3.63, 3.8) is 0 Å². The molecular weight excluding hydrogens is 279 g/mol. The highest BCUT2D eigenvalue weighted by Gasteiger charge is 2.17. The summed E-state index contributed by atoms with van der Waals surface area (Å²) in [7, 11) is 0. The Bertz CT molecular complexity index is 640. The summed E-state index contributed by atoms with van der Waals surface area (Å²) in [6.07, 6.45) is 0.915. The highest BCUT2D eigenvalue weighted by atomic mass is 32.1. The molecule has 0 radical (unpaired) electrons. The molecular formula is C14H15FN2O2S. The summed E-state index contributed by atoms with van der Waals surface area (Å²) in [4.78, 5) is 12.3. The van der Waals surface area contributed by atoms with Crippen molar-refractivity contribution >= 4 is 28.7 Å². The van der Waals surface area contributed by atoms with E-state index in [-0.39, 0.29) is 11.3 Å². The van der Waals surface area contributed by atoms with Gasteiger partial charge in [0.2, 0.25) is 0 Å². The largest absolute Gasteiger partial charge is 0.478 e. The van der Waals surface area contributed by atoms with Crippen molar-refractivity contribution in [1.29, 1.82) is 0 Å². The molecule has 20 heavy (non-hydrogen) atoms. The number of anilines is 2. The van der Waals surface area contributed by atoms with Gasteiger partial charge >= 0.3 is 5.97 Å². The zero-order valence-electron chi connectivity index (χ0n) is 10.9. The first-order valence-electron chi connectivity index (χ1n) is 6.15. The SMILES string of the molecule is CCc1ccsc1CNc1ccc(F)c(N)c1C(=O)O. The van der Waals surface area contributed by atoms with E-state index in [0.717, 1.165) is 11.3 Å². The molecule has 0 aliphatic carbocycles. The summed E-state index contributed by atoms with van der Waals surface area (Å²) in [6, 6.07) is 4.60. The number of carboxylic acid groups (broad SMARTS) is 1. The first-order chi connectivity index (χ1) is 9.54. The number of aryl methyl sites for hydroxylation is 1. The number of halogens is 1. The number of nitrogen functional groups attached to an aromatic ring is 1. The van der Waals surface area contributed by atoms with E-state index in [1.165, 1.54) is 17.7 Å². The van der Waals surface area contributed by atoms with Crippen molar-refractivity contribution in [2.75, 3.05) is 11.1 Å². The Balaban J connectivity index is 2.26. The van der Waals surface area contributed by atoms with E-state index in [2.05, 4.69) is 12.2 Å². The first kappa shape index (κ1) is 14.3. The van der Waals surface area contributed by atoms with Crippen molar-refractivity contribution < 1.29 is 14.3 Å². The van der Waals surface area contributed by atoms with Crippen LogP contribution in [0.4, 0.5) is 15.8 Å². The van der Waals surface area contributed by atoms with Gasteiger partial charge < -0.3 is 16.2 Å². The van der Waals surface area contributed by atoms with Gasteiger partial charge in [0.1, 0.15) is 11.4 Å². The average molecular weight is 294 g/mol. The molecule has 0 saturated heterocycles. The lowest BCUT2D eigenvalue weighted by molar-refractivity contribution is 0.0698. The lowest BCUT2D eigenvalue weighted by Crippen LogP contribution is -2.10. The van der Waals surface area contributed by atoms with Crippen LogP contribution in [0, 0.1) is 5.82 Å². The van der Waals surface area contributed by atoms with Crippen LogP contribution in [0.15, 0.2) is 23.6 Å². The van der Waals surface area contributed by atoms with Crippen LogP contribution < -0.4 is 11.1 Å². The predicted octanol–water partition coefficient (Wildman–Crippen LogP) is 3.34. The van der Waals surface area contributed by atoms with Crippen LogP contribution in [-0.4, -0.2) is 11.1 Å². The third-order valence-electron chi connectivity index (χ3n) is 3.06. The van der Waals surface area contributed by atoms with Gasteiger partial charge in [-0.3, -0.25) is 0 Å². The molecule has 0 fully saturated rings. The number of thiophene rings is 1. The lowest BCUT2D eigenvalue weighted by atomic mass is 10.1. The molecule has 0 spiro atoms. The number of hydrogen-bond acceptors (Lipinski definition) is 4. The highest BCUT2D eigenvalue weighted by molar-refractivity contribution is 7.10. The molecule has 6 heteroatoms. The average Bonchev–Trinajstić information content (AvgIpc) is 2.87. The van der Waals surface area contributed by atoms with Crippen LogP contribution in [-0.2, 0) is 13.0 Å². The first-order valence-corrected chi connectivity index (χ1v) is 7.03. The van der Waals surface area contributed by atoms with Crippen LogP contribution >= 0.6 is 11.3 Å². The Hall–Kier alpha value is -2.08. The van der Waals surface area contributed by atoms with Crippen molar-refractivity contribution in [2.45, 2.75) is 19.9 Å². The fourth-order valence-corrected chi connectivity index (χ4v) is 2.90. The fourth-order valence-electron chi connectivity index (χ4n) is 1.98. The molecule has 4 N–H and O–H groups in total. The van der Waals surface area contributed by atoms with Gasteiger partial charge in [-0.2, -0.15) is 0 Å². The van der Waals surface area contributed by atoms with Gasteiger partial charge in [-0.15, -0.1) is 11.3 Å². The van der Waals surface area contributed by atoms with Gasteiger partial charge in [0, 0.05) is 11.4 Å². The van der Waals surface area contributed by atoms with Crippen molar-refractivity contribution in [3.8, 4) is 0 Å². The number of carboxylic acids is 1. The topological polar surface area (TPSA) is 75.3 Å². The van der Waals surface area contributed by atoms with Gasteiger partial charge in [-0.05, 0) is 35.6 Å². The van der Waals surface area contributed by atoms with E-state index < -0.39 is 11.8 Å². The summed E-state index contributed by atoms with van der Waals surface area (Å²) in [5, 5.41) is 14.2. The summed E-state index contributed by atoms with van der Waals surface area (Å²) >= 11 is 1.60. The second-order valence-corrected chi connectivity index (χ2v) is 5.27. The van der Waals surface area contributed by atoms with Gasteiger partial charge in [0.05, 0.1) is 11.4 Å². The number of aromatic carboxylic acids is 1. The monoisotopic (exact) mass is 294 g/mol.